The van der Waals surface area contributed by atoms with Gasteiger partial charge in [0, 0.05) is 21.1 Å². The van der Waals surface area contributed by atoms with Crippen molar-refractivity contribution in [2.45, 2.75) is 32.9 Å². The Bertz CT molecular complexity index is 599. The maximum absolute atomic E-state index is 11.5. The lowest BCUT2D eigenvalue weighted by molar-refractivity contribution is 0.0523. The van der Waals surface area contributed by atoms with E-state index in [1.54, 1.807) is 0 Å². The number of amides is 1. The normalized spacial score (nSPS) is 11.6. The first-order valence-electron chi connectivity index (χ1n) is 6.07. The molecule has 0 aliphatic rings. The Morgan fingerprint density at radius 3 is 2.79 bits per heavy atom. The second-order valence-electron chi connectivity index (χ2n) is 5.38. The highest BCUT2D eigenvalue weighted by atomic mass is 79.9. The number of benzene rings is 1. The summed E-state index contributed by atoms with van der Waals surface area (Å²) in [6.45, 7) is 5.94. The van der Waals surface area contributed by atoms with Gasteiger partial charge in [0.15, 0.2) is 0 Å². The minimum Gasteiger partial charge on any atom is -0.444 e. The molecule has 2 aromatic rings. The zero-order valence-corrected chi connectivity index (χ0v) is 12.8. The molecule has 0 atom stereocenters. The summed E-state index contributed by atoms with van der Waals surface area (Å²) in [5.41, 5.74) is 1.51. The van der Waals surface area contributed by atoms with Crippen LogP contribution < -0.4 is 5.32 Å². The van der Waals surface area contributed by atoms with Crippen molar-refractivity contribution in [3.63, 3.8) is 0 Å². The van der Waals surface area contributed by atoms with E-state index in [0.29, 0.717) is 6.54 Å². The van der Waals surface area contributed by atoms with E-state index in [0.717, 1.165) is 21.1 Å². The van der Waals surface area contributed by atoms with E-state index in [9.17, 15) is 4.79 Å². The number of halogens is 1. The lowest BCUT2D eigenvalue weighted by atomic mass is 10.2. The molecule has 0 aliphatic heterocycles. The Balaban J connectivity index is 2.00. The maximum atomic E-state index is 11.5. The second-order valence-corrected chi connectivity index (χ2v) is 6.30. The van der Waals surface area contributed by atoms with Gasteiger partial charge >= 0.3 is 6.09 Å². The van der Waals surface area contributed by atoms with Gasteiger partial charge in [0.25, 0.3) is 0 Å². The lowest BCUT2D eigenvalue weighted by Gasteiger charge is -2.19. The topological polar surface area (TPSA) is 54.1 Å². The van der Waals surface area contributed by atoms with Crippen LogP contribution in [0.1, 0.15) is 26.5 Å². The average Bonchev–Trinajstić information content (AvgIpc) is 2.66. The predicted octanol–water partition coefficient (Wildman–Crippen LogP) is 3.96. The van der Waals surface area contributed by atoms with Gasteiger partial charge in [0.05, 0.1) is 6.54 Å². The minimum absolute atomic E-state index is 0.410. The van der Waals surface area contributed by atoms with Crippen molar-refractivity contribution < 1.29 is 9.53 Å². The second kappa shape index (κ2) is 5.25. The van der Waals surface area contributed by atoms with E-state index in [4.69, 9.17) is 4.74 Å². The number of hydrogen-bond donors (Lipinski definition) is 2. The summed E-state index contributed by atoms with van der Waals surface area (Å²) in [7, 11) is 0. The van der Waals surface area contributed by atoms with Crippen molar-refractivity contribution in [3.8, 4) is 0 Å². The molecule has 0 aliphatic carbocycles. The molecule has 0 saturated heterocycles. The molecule has 102 valence electrons. The van der Waals surface area contributed by atoms with E-state index in [1.807, 2.05) is 45.0 Å². The van der Waals surface area contributed by atoms with Crippen LogP contribution in [0.2, 0.25) is 0 Å². The third-order valence-electron chi connectivity index (χ3n) is 2.46. The third-order valence-corrected chi connectivity index (χ3v) is 2.95. The van der Waals surface area contributed by atoms with Crippen LogP contribution in [0.25, 0.3) is 10.9 Å². The van der Waals surface area contributed by atoms with Gasteiger partial charge in [-0.05, 0) is 45.0 Å². The lowest BCUT2D eigenvalue weighted by Crippen LogP contribution is -2.32. The standard InChI is InChI=1S/C14H17BrN2O2/c1-14(2,3)19-13(18)16-8-11-7-9-6-10(15)4-5-12(9)17-11/h4-7,17H,8H2,1-3H3,(H,16,18). The molecule has 2 N–H and O–H groups in total. The van der Waals surface area contributed by atoms with E-state index in [2.05, 4.69) is 26.2 Å². The predicted molar refractivity (Wildman–Crippen MR) is 79.1 cm³/mol. The average molecular weight is 325 g/mol. The van der Waals surface area contributed by atoms with Crippen LogP contribution in [-0.2, 0) is 11.3 Å². The van der Waals surface area contributed by atoms with Gasteiger partial charge in [0.1, 0.15) is 5.60 Å². The van der Waals surface area contributed by atoms with Crippen LogP contribution in [0.3, 0.4) is 0 Å². The number of nitrogens with one attached hydrogen (secondary N) is 2. The first-order valence-corrected chi connectivity index (χ1v) is 6.87. The monoisotopic (exact) mass is 324 g/mol. The molecular formula is C14H17BrN2O2. The van der Waals surface area contributed by atoms with Crippen molar-refractivity contribution in [1.29, 1.82) is 0 Å². The summed E-state index contributed by atoms with van der Waals surface area (Å²) in [5.74, 6) is 0. The molecule has 0 bridgehead atoms. The molecule has 0 unspecified atom stereocenters. The summed E-state index contributed by atoms with van der Waals surface area (Å²) in [6.07, 6.45) is -0.410. The quantitative estimate of drug-likeness (QED) is 0.878. The summed E-state index contributed by atoms with van der Waals surface area (Å²) >= 11 is 3.43. The summed E-state index contributed by atoms with van der Waals surface area (Å²) in [4.78, 5) is 14.8. The number of carbonyl (C=O) groups is 1. The Morgan fingerprint density at radius 1 is 1.37 bits per heavy atom. The number of aromatic amines is 1. The number of hydrogen-bond acceptors (Lipinski definition) is 2. The number of alkyl carbamates (subject to hydrolysis) is 1. The SMILES string of the molecule is CC(C)(C)OC(=O)NCc1cc2cc(Br)ccc2[nH]1. The van der Waals surface area contributed by atoms with Crippen molar-refractivity contribution in [2.24, 2.45) is 0 Å². The molecule has 0 spiro atoms. The fraction of sp³-hybridized carbons (Fsp3) is 0.357. The van der Waals surface area contributed by atoms with Crippen LogP contribution >= 0.6 is 15.9 Å². The first kappa shape index (κ1) is 13.9. The highest BCUT2D eigenvalue weighted by Crippen LogP contribution is 2.20. The Morgan fingerprint density at radius 2 is 2.11 bits per heavy atom. The van der Waals surface area contributed by atoms with Gasteiger partial charge in [0.2, 0.25) is 0 Å². The zero-order valence-electron chi connectivity index (χ0n) is 11.2. The molecule has 2 rings (SSSR count). The zero-order chi connectivity index (χ0) is 14.0. The number of H-pyrrole nitrogens is 1. The molecular weight excluding hydrogens is 308 g/mol. The van der Waals surface area contributed by atoms with Crippen LogP contribution in [0.15, 0.2) is 28.7 Å². The van der Waals surface area contributed by atoms with Gasteiger partial charge in [-0.2, -0.15) is 0 Å². The van der Waals surface area contributed by atoms with Crippen LogP contribution in [-0.4, -0.2) is 16.7 Å². The van der Waals surface area contributed by atoms with E-state index in [1.165, 1.54) is 0 Å². The molecule has 5 heteroatoms. The van der Waals surface area contributed by atoms with Crippen molar-refractivity contribution >= 4 is 32.9 Å². The van der Waals surface area contributed by atoms with Gasteiger partial charge in [-0.25, -0.2) is 4.79 Å². The molecule has 19 heavy (non-hydrogen) atoms. The third kappa shape index (κ3) is 3.99. The largest absolute Gasteiger partial charge is 0.444 e. The van der Waals surface area contributed by atoms with E-state index in [-0.39, 0.29) is 0 Å². The van der Waals surface area contributed by atoms with E-state index >= 15 is 0 Å². The molecule has 0 fully saturated rings. The highest BCUT2D eigenvalue weighted by Gasteiger charge is 2.15. The fourth-order valence-electron chi connectivity index (χ4n) is 1.74. The molecule has 1 amide bonds. The highest BCUT2D eigenvalue weighted by molar-refractivity contribution is 9.10. The number of fused-ring (bicyclic) bond motifs is 1. The summed E-state index contributed by atoms with van der Waals surface area (Å²) in [5, 5.41) is 3.83. The molecule has 1 heterocycles. The molecule has 1 aromatic carbocycles. The number of aromatic nitrogens is 1. The van der Waals surface area contributed by atoms with Gasteiger partial charge < -0.3 is 15.0 Å². The van der Waals surface area contributed by atoms with Crippen molar-refractivity contribution in [2.75, 3.05) is 0 Å². The summed E-state index contributed by atoms with van der Waals surface area (Å²) < 4.78 is 6.21. The van der Waals surface area contributed by atoms with Crippen LogP contribution in [0, 0.1) is 0 Å². The van der Waals surface area contributed by atoms with Gasteiger partial charge in [-0.1, -0.05) is 15.9 Å². The molecule has 4 nitrogen and oxygen atoms in total. The van der Waals surface area contributed by atoms with Crippen LogP contribution in [0.5, 0.6) is 0 Å². The van der Waals surface area contributed by atoms with Crippen LogP contribution in [0.4, 0.5) is 4.79 Å². The molecule has 0 saturated carbocycles. The van der Waals surface area contributed by atoms with Crippen molar-refractivity contribution in [3.05, 3.63) is 34.4 Å². The molecule has 0 radical (unpaired) electrons. The Hall–Kier alpha value is -1.49. The number of carbonyl (C=O) groups excluding carboxylic acids is 1. The van der Waals surface area contributed by atoms with E-state index < -0.39 is 11.7 Å². The fourth-order valence-corrected chi connectivity index (χ4v) is 2.12. The number of rotatable bonds is 2. The summed E-state index contributed by atoms with van der Waals surface area (Å²) in [6, 6.07) is 8.01. The first-order chi connectivity index (χ1) is 8.83. The van der Waals surface area contributed by atoms with Gasteiger partial charge in [-0.3, -0.25) is 0 Å². The van der Waals surface area contributed by atoms with Gasteiger partial charge in [-0.15, -0.1) is 0 Å². The Labute approximate surface area is 120 Å². The van der Waals surface area contributed by atoms with Crippen molar-refractivity contribution in [1.82, 2.24) is 10.3 Å². The number of ether oxygens (including phenoxy) is 1. The molecule has 1 aromatic heterocycles. The Kier molecular flexibility index (Phi) is 3.85. The maximum Gasteiger partial charge on any atom is 0.407 e. The minimum atomic E-state index is -0.477. The smallest absolute Gasteiger partial charge is 0.407 e.